The third kappa shape index (κ3) is 7.38. The molecular weight excluding hydrogens is 392 g/mol. The summed E-state index contributed by atoms with van der Waals surface area (Å²) in [5, 5.41) is 2.87. The summed E-state index contributed by atoms with van der Waals surface area (Å²) in [4.78, 5) is 12.1. The average molecular weight is 423 g/mol. The Morgan fingerprint density at radius 3 is 2.46 bits per heavy atom. The average Bonchev–Trinajstić information content (AvgIpc) is 2.65. The van der Waals surface area contributed by atoms with E-state index in [-0.39, 0.29) is 18.3 Å². The van der Waals surface area contributed by atoms with E-state index < -0.39 is 6.04 Å². The number of nitrogens with one attached hydrogen (secondary N) is 1. The standard InChI is InChI=1S/C22H30N2O2S.ClH/c1-15(2)19-10-5-16(3)13-21(19)26-14-17-6-8-18(9-7-17)24-22(25)20(23)11-12-27-4;/h5-10,13,15,20H,11-12,14,23H2,1-4H3,(H,24,25);1H/t20-;/m0./s1. The molecule has 6 heteroatoms. The molecule has 0 aliphatic heterocycles. The number of aryl methyl sites for hydroxylation is 1. The van der Waals surface area contributed by atoms with E-state index in [0.717, 1.165) is 22.8 Å². The van der Waals surface area contributed by atoms with Crippen molar-refractivity contribution < 1.29 is 9.53 Å². The Balaban J connectivity index is 0.00000392. The highest BCUT2D eigenvalue weighted by atomic mass is 35.5. The van der Waals surface area contributed by atoms with Crippen molar-refractivity contribution in [1.29, 1.82) is 0 Å². The lowest BCUT2D eigenvalue weighted by Gasteiger charge is -2.15. The van der Waals surface area contributed by atoms with Gasteiger partial charge in [-0.2, -0.15) is 11.8 Å². The Labute approximate surface area is 179 Å². The number of carbonyl (C=O) groups is 1. The number of ether oxygens (including phenoxy) is 1. The summed E-state index contributed by atoms with van der Waals surface area (Å²) in [6.45, 7) is 6.89. The first-order valence-electron chi connectivity index (χ1n) is 9.28. The fourth-order valence-electron chi connectivity index (χ4n) is 2.70. The van der Waals surface area contributed by atoms with Gasteiger partial charge in [0.1, 0.15) is 12.4 Å². The van der Waals surface area contributed by atoms with Crippen LogP contribution in [0.25, 0.3) is 0 Å². The topological polar surface area (TPSA) is 64.4 Å². The van der Waals surface area contributed by atoms with Gasteiger partial charge in [0.2, 0.25) is 5.91 Å². The summed E-state index contributed by atoms with van der Waals surface area (Å²) in [5.41, 5.74) is 10.1. The van der Waals surface area contributed by atoms with Crippen molar-refractivity contribution in [3.63, 3.8) is 0 Å². The van der Waals surface area contributed by atoms with Crippen molar-refractivity contribution >= 4 is 35.8 Å². The van der Waals surface area contributed by atoms with Crippen molar-refractivity contribution in [2.75, 3.05) is 17.3 Å². The lowest BCUT2D eigenvalue weighted by atomic mass is 10.0. The number of hydrogen-bond donors (Lipinski definition) is 2. The van der Waals surface area contributed by atoms with Gasteiger partial charge >= 0.3 is 0 Å². The minimum absolute atomic E-state index is 0. The van der Waals surface area contributed by atoms with Crippen LogP contribution in [0, 0.1) is 6.92 Å². The van der Waals surface area contributed by atoms with Crippen LogP contribution in [0.1, 0.15) is 42.9 Å². The van der Waals surface area contributed by atoms with Crippen LogP contribution in [0.15, 0.2) is 42.5 Å². The third-order valence-corrected chi connectivity index (χ3v) is 5.02. The molecule has 1 amide bonds. The summed E-state index contributed by atoms with van der Waals surface area (Å²) >= 11 is 1.69. The zero-order valence-corrected chi connectivity index (χ0v) is 18.7. The highest BCUT2D eigenvalue weighted by Crippen LogP contribution is 2.28. The Kier molecular flexibility index (Phi) is 10.4. The second-order valence-electron chi connectivity index (χ2n) is 7.06. The number of carbonyl (C=O) groups excluding carboxylic acids is 1. The lowest BCUT2D eigenvalue weighted by Crippen LogP contribution is -2.36. The summed E-state index contributed by atoms with van der Waals surface area (Å²) in [6.07, 6.45) is 2.68. The van der Waals surface area contributed by atoms with E-state index in [1.807, 2.05) is 30.5 Å². The molecule has 2 aromatic rings. The number of benzene rings is 2. The highest BCUT2D eigenvalue weighted by Gasteiger charge is 2.13. The van der Waals surface area contributed by atoms with Crippen LogP contribution in [0.4, 0.5) is 5.69 Å². The zero-order valence-electron chi connectivity index (χ0n) is 17.0. The number of nitrogens with two attached hydrogens (primary N) is 1. The minimum Gasteiger partial charge on any atom is -0.489 e. The second kappa shape index (κ2) is 12.0. The predicted octanol–water partition coefficient (Wildman–Crippen LogP) is 5.14. The van der Waals surface area contributed by atoms with Crippen LogP contribution in [-0.2, 0) is 11.4 Å². The summed E-state index contributed by atoms with van der Waals surface area (Å²) in [7, 11) is 0. The van der Waals surface area contributed by atoms with Crippen molar-refractivity contribution in [1.82, 2.24) is 0 Å². The molecule has 154 valence electrons. The van der Waals surface area contributed by atoms with Gasteiger partial charge in [-0.15, -0.1) is 12.4 Å². The van der Waals surface area contributed by atoms with Gasteiger partial charge in [-0.05, 0) is 66.2 Å². The fraction of sp³-hybridized carbons (Fsp3) is 0.409. The number of amides is 1. The molecule has 1 atom stereocenters. The molecule has 0 aromatic heterocycles. The van der Waals surface area contributed by atoms with Gasteiger partial charge in [0.15, 0.2) is 0 Å². The number of anilines is 1. The molecule has 2 rings (SSSR count). The summed E-state index contributed by atoms with van der Waals surface area (Å²) in [5.74, 6) is 2.08. The maximum absolute atomic E-state index is 12.1. The van der Waals surface area contributed by atoms with Crippen LogP contribution in [0.5, 0.6) is 5.75 Å². The van der Waals surface area contributed by atoms with E-state index in [9.17, 15) is 4.79 Å². The number of thioether (sulfide) groups is 1. The van der Waals surface area contributed by atoms with Crippen LogP contribution < -0.4 is 15.8 Å². The molecule has 3 N–H and O–H groups in total. The van der Waals surface area contributed by atoms with Crippen LogP contribution in [0.2, 0.25) is 0 Å². The smallest absolute Gasteiger partial charge is 0.241 e. The molecule has 0 saturated carbocycles. The van der Waals surface area contributed by atoms with Gasteiger partial charge in [-0.25, -0.2) is 0 Å². The fourth-order valence-corrected chi connectivity index (χ4v) is 3.19. The molecule has 0 radical (unpaired) electrons. The van der Waals surface area contributed by atoms with E-state index in [1.54, 1.807) is 11.8 Å². The molecule has 0 aliphatic rings. The summed E-state index contributed by atoms with van der Waals surface area (Å²) in [6, 6.07) is 13.6. The Morgan fingerprint density at radius 2 is 1.86 bits per heavy atom. The van der Waals surface area contributed by atoms with Crippen LogP contribution in [0.3, 0.4) is 0 Å². The van der Waals surface area contributed by atoms with Gasteiger partial charge in [0, 0.05) is 5.69 Å². The van der Waals surface area contributed by atoms with Crippen molar-refractivity contribution in [2.45, 2.75) is 45.8 Å². The van der Waals surface area contributed by atoms with Crippen molar-refractivity contribution in [2.24, 2.45) is 5.73 Å². The number of halogens is 1. The first kappa shape index (κ1) is 24.3. The molecule has 0 heterocycles. The monoisotopic (exact) mass is 422 g/mol. The minimum atomic E-state index is -0.476. The quantitative estimate of drug-likeness (QED) is 0.587. The third-order valence-electron chi connectivity index (χ3n) is 4.38. The molecule has 0 saturated heterocycles. The second-order valence-corrected chi connectivity index (χ2v) is 8.04. The maximum Gasteiger partial charge on any atom is 0.241 e. The molecule has 0 bridgehead atoms. The molecular formula is C22H31ClN2O2S. The van der Waals surface area contributed by atoms with E-state index in [4.69, 9.17) is 10.5 Å². The zero-order chi connectivity index (χ0) is 19.8. The van der Waals surface area contributed by atoms with E-state index in [1.165, 1.54) is 11.1 Å². The molecule has 0 unspecified atom stereocenters. The van der Waals surface area contributed by atoms with Crippen LogP contribution >= 0.6 is 24.2 Å². The number of rotatable bonds is 9. The van der Waals surface area contributed by atoms with Gasteiger partial charge in [-0.3, -0.25) is 4.79 Å². The van der Waals surface area contributed by atoms with Gasteiger partial charge in [-0.1, -0.05) is 38.1 Å². The SMILES string of the molecule is CSCC[C@H](N)C(=O)Nc1ccc(COc2cc(C)ccc2C(C)C)cc1.Cl. The van der Waals surface area contributed by atoms with E-state index in [0.29, 0.717) is 18.9 Å². The largest absolute Gasteiger partial charge is 0.489 e. The normalized spacial score (nSPS) is 11.6. The lowest BCUT2D eigenvalue weighted by molar-refractivity contribution is -0.117. The Hall–Kier alpha value is -1.69. The van der Waals surface area contributed by atoms with Gasteiger partial charge < -0.3 is 15.8 Å². The molecule has 0 spiro atoms. The van der Waals surface area contributed by atoms with Gasteiger partial charge in [0.25, 0.3) is 0 Å². The number of hydrogen-bond acceptors (Lipinski definition) is 4. The van der Waals surface area contributed by atoms with Crippen molar-refractivity contribution in [3.05, 3.63) is 59.2 Å². The van der Waals surface area contributed by atoms with Crippen LogP contribution in [-0.4, -0.2) is 24.0 Å². The van der Waals surface area contributed by atoms with Gasteiger partial charge in [0.05, 0.1) is 6.04 Å². The van der Waals surface area contributed by atoms with E-state index >= 15 is 0 Å². The predicted molar refractivity (Wildman–Crippen MR) is 123 cm³/mol. The first-order valence-corrected chi connectivity index (χ1v) is 10.7. The first-order chi connectivity index (χ1) is 12.9. The molecule has 28 heavy (non-hydrogen) atoms. The maximum atomic E-state index is 12.1. The molecule has 2 aromatic carbocycles. The molecule has 0 aliphatic carbocycles. The summed E-state index contributed by atoms with van der Waals surface area (Å²) < 4.78 is 6.06. The molecule has 4 nitrogen and oxygen atoms in total. The highest BCUT2D eigenvalue weighted by molar-refractivity contribution is 7.98. The Bertz CT molecular complexity index is 751. The van der Waals surface area contributed by atoms with E-state index in [2.05, 4.69) is 44.3 Å². The molecule has 0 fully saturated rings. The Morgan fingerprint density at radius 1 is 1.18 bits per heavy atom. The van der Waals surface area contributed by atoms with Crippen molar-refractivity contribution in [3.8, 4) is 5.75 Å².